The molecule has 0 aromatic heterocycles. The van der Waals surface area contributed by atoms with Gasteiger partial charge in [0.2, 0.25) is 0 Å². The Hall–Kier alpha value is -3.41. The first-order valence-electron chi connectivity index (χ1n) is 12.2. The smallest absolute Gasteiger partial charge is 0.308 e. The molecular formula is C30H35NO4. The number of hydrogen-bond donors (Lipinski definition) is 2. The molecule has 35 heavy (non-hydrogen) atoms. The van der Waals surface area contributed by atoms with Crippen molar-refractivity contribution in [2.24, 2.45) is 0 Å². The third kappa shape index (κ3) is 7.81. The minimum atomic E-state index is -0.558. The summed E-state index contributed by atoms with van der Waals surface area (Å²) >= 11 is 0. The van der Waals surface area contributed by atoms with Crippen molar-refractivity contribution in [2.45, 2.75) is 39.7 Å². The highest BCUT2D eigenvalue weighted by molar-refractivity contribution is 5.98. The standard InChI is InChI=1S/C30H35NO4/c1-4-19-31-20-26(33)21-34-27-15-11-24(12-16-27)30(29(5-2)23-9-7-6-8-10-23)25-13-17-28(18-14-25)35-22(3)32/h6-18,26,31,33H,4-5,19-21H2,1-3H3/b30-29+. The van der Waals surface area contributed by atoms with Gasteiger partial charge in [-0.3, -0.25) is 4.79 Å². The molecule has 0 spiro atoms. The summed E-state index contributed by atoms with van der Waals surface area (Å²) in [5.41, 5.74) is 5.59. The largest absolute Gasteiger partial charge is 0.491 e. The maximum Gasteiger partial charge on any atom is 0.308 e. The second-order valence-electron chi connectivity index (χ2n) is 8.38. The summed E-state index contributed by atoms with van der Waals surface area (Å²) in [4.78, 5) is 11.3. The molecule has 0 bridgehead atoms. The van der Waals surface area contributed by atoms with Crippen LogP contribution in [0.1, 0.15) is 50.3 Å². The predicted octanol–water partition coefficient (Wildman–Crippen LogP) is 5.72. The van der Waals surface area contributed by atoms with Crippen LogP contribution in [0.15, 0.2) is 78.9 Å². The highest BCUT2D eigenvalue weighted by atomic mass is 16.5. The fraction of sp³-hybridized carbons (Fsp3) is 0.300. The Morgan fingerprint density at radius 2 is 1.46 bits per heavy atom. The van der Waals surface area contributed by atoms with Gasteiger partial charge in [-0.15, -0.1) is 0 Å². The molecule has 0 amide bonds. The van der Waals surface area contributed by atoms with E-state index >= 15 is 0 Å². The van der Waals surface area contributed by atoms with Crippen molar-refractivity contribution in [2.75, 3.05) is 19.7 Å². The zero-order valence-corrected chi connectivity index (χ0v) is 20.8. The molecule has 3 rings (SSSR count). The molecule has 3 aromatic carbocycles. The molecule has 1 atom stereocenters. The zero-order chi connectivity index (χ0) is 25.0. The second-order valence-corrected chi connectivity index (χ2v) is 8.38. The molecule has 5 heteroatoms. The van der Waals surface area contributed by atoms with Crippen LogP contribution in [0.4, 0.5) is 0 Å². The van der Waals surface area contributed by atoms with Crippen molar-refractivity contribution >= 4 is 17.1 Å². The van der Waals surface area contributed by atoms with Crippen LogP contribution in [0.25, 0.3) is 11.1 Å². The molecule has 184 valence electrons. The van der Waals surface area contributed by atoms with E-state index in [0.717, 1.165) is 41.6 Å². The first kappa shape index (κ1) is 26.2. The van der Waals surface area contributed by atoms with Gasteiger partial charge in [-0.1, -0.05) is 68.4 Å². The Bertz CT molecular complexity index is 1090. The number of carbonyl (C=O) groups is 1. The summed E-state index contributed by atoms with van der Waals surface area (Å²) in [5.74, 6) is 0.897. The highest BCUT2D eigenvalue weighted by Crippen LogP contribution is 2.35. The average molecular weight is 474 g/mol. The number of esters is 1. The molecule has 0 fully saturated rings. The van der Waals surface area contributed by atoms with Gasteiger partial charge < -0.3 is 19.9 Å². The summed E-state index contributed by atoms with van der Waals surface area (Å²) in [7, 11) is 0. The fourth-order valence-corrected chi connectivity index (χ4v) is 3.95. The molecule has 0 saturated carbocycles. The predicted molar refractivity (Wildman–Crippen MR) is 142 cm³/mol. The van der Waals surface area contributed by atoms with Crippen molar-refractivity contribution in [3.8, 4) is 11.5 Å². The van der Waals surface area contributed by atoms with Crippen molar-refractivity contribution < 1.29 is 19.4 Å². The molecule has 0 aliphatic heterocycles. The van der Waals surface area contributed by atoms with Gasteiger partial charge in [-0.05, 0) is 71.5 Å². The van der Waals surface area contributed by atoms with Crippen LogP contribution in [0.5, 0.6) is 11.5 Å². The topological polar surface area (TPSA) is 67.8 Å². The highest BCUT2D eigenvalue weighted by Gasteiger charge is 2.14. The third-order valence-corrected chi connectivity index (χ3v) is 5.57. The van der Waals surface area contributed by atoms with Gasteiger partial charge in [0.15, 0.2) is 0 Å². The summed E-state index contributed by atoms with van der Waals surface area (Å²) in [6, 6.07) is 25.9. The lowest BCUT2D eigenvalue weighted by molar-refractivity contribution is -0.131. The van der Waals surface area contributed by atoms with Crippen LogP contribution in [0.3, 0.4) is 0 Å². The van der Waals surface area contributed by atoms with Gasteiger partial charge in [-0.2, -0.15) is 0 Å². The van der Waals surface area contributed by atoms with E-state index in [2.05, 4.69) is 31.3 Å². The summed E-state index contributed by atoms with van der Waals surface area (Å²) < 4.78 is 11.0. The van der Waals surface area contributed by atoms with E-state index in [1.807, 2.05) is 66.7 Å². The molecule has 1 unspecified atom stereocenters. The zero-order valence-electron chi connectivity index (χ0n) is 20.8. The van der Waals surface area contributed by atoms with E-state index in [-0.39, 0.29) is 12.6 Å². The molecule has 0 radical (unpaired) electrons. The minimum absolute atomic E-state index is 0.237. The van der Waals surface area contributed by atoms with Gasteiger partial charge in [0.1, 0.15) is 24.2 Å². The number of carbonyl (C=O) groups excluding carboxylic acids is 1. The van der Waals surface area contributed by atoms with Gasteiger partial charge in [-0.25, -0.2) is 0 Å². The van der Waals surface area contributed by atoms with Crippen LogP contribution in [0, 0.1) is 0 Å². The number of rotatable bonds is 12. The molecule has 5 nitrogen and oxygen atoms in total. The van der Waals surface area contributed by atoms with Crippen molar-refractivity contribution in [3.05, 3.63) is 95.6 Å². The van der Waals surface area contributed by atoms with Gasteiger partial charge in [0.25, 0.3) is 0 Å². The van der Waals surface area contributed by atoms with E-state index in [0.29, 0.717) is 18.0 Å². The average Bonchev–Trinajstić information content (AvgIpc) is 2.87. The Balaban J connectivity index is 1.90. The molecule has 0 saturated heterocycles. The van der Waals surface area contributed by atoms with Crippen LogP contribution in [-0.2, 0) is 4.79 Å². The number of hydrogen-bond acceptors (Lipinski definition) is 5. The lowest BCUT2D eigenvalue weighted by Gasteiger charge is -2.17. The van der Waals surface area contributed by atoms with E-state index in [9.17, 15) is 9.90 Å². The van der Waals surface area contributed by atoms with Crippen molar-refractivity contribution in [1.29, 1.82) is 0 Å². The van der Waals surface area contributed by atoms with Crippen LogP contribution in [0.2, 0.25) is 0 Å². The SMILES string of the molecule is CCCNCC(O)COc1ccc(/C(=C(/CC)c2ccccc2)c2ccc(OC(C)=O)cc2)cc1. The van der Waals surface area contributed by atoms with Gasteiger partial charge in [0, 0.05) is 13.5 Å². The quantitative estimate of drug-likeness (QED) is 0.152. The molecular weight excluding hydrogens is 438 g/mol. The molecule has 3 aromatic rings. The van der Waals surface area contributed by atoms with Crippen LogP contribution < -0.4 is 14.8 Å². The van der Waals surface area contributed by atoms with E-state index < -0.39 is 6.10 Å². The molecule has 2 N–H and O–H groups in total. The Kier molecular flexibility index (Phi) is 10.1. The fourth-order valence-electron chi connectivity index (χ4n) is 3.95. The van der Waals surface area contributed by atoms with E-state index in [1.54, 1.807) is 0 Å². The second kappa shape index (κ2) is 13.5. The number of benzene rings is 3. The first-order chi connectivity index (χ1) is 17.0. The Morgan fingerprint density at radius 1 is 0.857 bits per heavy atom. The summed E-state index contributed by atoms with van der Waals surface area (Å²) in [5, 5.41) is 13.3. The van der Waals surface area contributed by atoms with E-state index in [4.69, 9.17) is 9.47 Å². The lowest BCUT2D eigenvalue weighted by atomic mass is 9.88. The maximum atomic E-state index is 11.3. The Labute approximate surface area is 208 Å². The molecule has 0 aliphatic carbocycles. The third-order valence-electron chi connectivity index (χ3n) is 5.57. The number of allylic oxidation sites excluding steroid dienone is 1. The monoisotopic (exact) mass is 473 g/mol. The van der Waals surface area contributed by atoms with Crippen molar-refractivity contribution in [3.63, 3.8) is 0 Å². The molecule has 0 aliphatic rings. The van der Waals surface area contributed by atoms with Crippen LogP contribution in [-0.4, -0.2) is 36.9 Å². The normalized spacial score (nSPS) is 12.6. The number of nitrogens with one attached hydrogen (secondary N) is 1. The molecule has 0 heterocycles. The minimum Gasteiger partial charge on any atom is -0.491 e. The van der Waals surface area contributed by atoms with Crippen molar-refractivity contribution in [1.82, 2.24) is 5.32 Å². The summed E-state index contributed by atoms with van der Waals surface area (Å²) in [6.45, 7) is 7.27. The lowest BCUT2D eigenvalue weighted by Crippen LogP contribution is -2.31. The van der Waals surface area contributed by atoms with Gasteiger partial charge in [0.05, 0.1) is 0 Å². The maximum absolute atomic E-state index is 11.3. The van der Waals surface area contributed by atoms with E-state index in [1.165, 1.54) is 12.5 Å². The number of ether oxygens (including phenoxy) is 2. The first-order valence-corrected chi connectivity index (χ1v) is 12.2. The number of aliphatic hydroxyl groups excluding tert-OH is 1. The number of aliphatic hydroxyl groups is 1. The van der Waals surface area contributed by atoms with Crippen LogP contribution >= 0.6 is 0 Å². The summed E-state index contributed by atoms with van der Waals surface area (Å²) in [6.07, 6.45) is 1.32. The Morgan fingerprint density at radius 3 is 2.00 bits per heavy atom. The van der Waals surface area contributed by atoms with Gasteiger partial charge >= 0.3 is 5.97 Å².